The highest BCUT2D eigenvalue weighted by atomic mass is 32.1. The second kappa shape index (κ2) is 9.62. The molecule has 0 atom stereocenters. The summed E-state index contributed by atoms with van der Waals surface area (Å²) >= 11 is 1.43. The van der Waals surface area contributed by atoms with Crippen LogP contribution in [0.3, 0.4) is 0 Å². The second-order valence-corrected chi connectivity index (χ2v) is 6.45. The van der Waals surface area contributed by atoms with Crippen LogP contribution in [0.4, 0.5) is 5.13 Å². The number of carbonyl (C=O) groups excluding carboxylic acids is 2. The third-order valence-corrected chi connectivity index (χ3v) is 4.53. The molecule has 0 saturated carbocycles. The highest BCUT2D eigenvalue weighted by molar-refractivity contribution is 7.14. The molecular formula is C16H25N3O3S. The first-order valence-electron chi connectivity index (χ1n) is 8.30. The maximum atomic E-state index is 11.9. The number of aromatic nitrogens is 1. The number of hydrogen-bond acceptors (Lipinski definition) is 5. The molecule has 1 fully saturated rings. The maximum Gasteiger partial charge on any atom is 0.228 e. The largest absolute Gasteiger partial charge is 0.381 e. The zero-order chi connectivity index (χ0) is 16.5. The van der Waals surface area contributed by atoms with E-state index in [-0.39, 0.29) is 18.2 Å². The van der Waals surface area contributed by atoms with Crippen LogP contribution in [0.5, 0.6) is 0 Å². The topological polar surface area (TPSA) is 71.5 Å². The van der Waals surface area contributed by atoms with E-state index in [0.29, 0.717) is 24.7 Å². The van der Waals surface area contributed by atoms with Gasteiger partial charge in [-0.05, 0) is 19.3 Å². The molecule has 2 amide bonds. The zero-order valence-corrected chi connectivity index (χ0v) is 14.5. The summed E-state index contributed by atoms with van der Waals surface area (Å²) in [6, 6.07) is 0. The summed E-state index contributed by atoms with van der Waals surface area (Å²) < 4.78 is 5.45. The van der Waals surface area contributed by atoms with Gasteiger partial charge in [-0.25, -0.2) is 4.98 Å². The lowest BCUT2D eigenvalue weighted by Crippen LogP contribution is -2.27. The average molecular weight is 339 g/mol. The summed E-state index contributed by atoms with van der Waals surface area (Å²) in [5.74, 6) is 0.0848. The molecule has 1 saturated heterocycles. The first-order valence-corrected chi connectivity index (χ1v) is 9.18. The average Bonchev–Trinajstić information content (AvgIpc) is 3.15. The fraction of sp³-hybridized carbons (Fsp3) is 0.688. The number of thiazole rings is 1. The molecule has 128 valence electrons. The number of anilines is 1. The highest BCUT2D eigenvalue weighted by Gasteiger charge is 2.24. The van der Waals surface area contributed by atoms with E-state index in [1.54, 1.807) is 4.90 Å². The quantitative estimate of drug-likeness (QED) is 0.663. The highest BCUT2D eigenvalue weighted by Crippen LogP contribution is 2.25. The Labute approximate surface area is 141 Å². The molecule has 0 radical (unpaired) electrons. The van der Waals surface area contributed by atoms with Gasteiger partial charge in [-0.2, -0.15) is 0 Å². The van der Waals surface area contributed by atoms with Crippen molar-refractivity contribution in [3.05, 3.63) is 11.1 Å². The molecule has 0 spiro atoms. The molecule has 2 heterocycles. The van der Waals surface area contributed by atoms with E-state index < -0.39 is 0 Å². The van der Waals surface area contributed by atoms with Crippen molar-refractivity contribution in [3.8, 4) is 0 Å². The van der Waals surface area contributed by atoms with Gasteiger partial charge in [0.25, 0.3) is 0 Å². The third kappa shape index (κ3) is 5.91. The Hall–Kier alpha value is -1.47. The minimum atomic E-state index is -0.0387. The van der Waals surface area contributed by atoms with Crippen LogP contribution in [0.1, 0.15) is 44.7 Å². The summed E-state index contributed by atoms with van der Waals surface area (Å²) in [6.45, 7) is 4.95. The molecule has 1 aromatic rings. The summed E-state index contributed by atoms with van der Waals surface area (Å²) in [4.78, 5) is 29.7. The van der Waals surface area contributed by atoms with Gasteiger partial charge in [0.15, 0.2) is 5.13 Å². The second-order valence-electron chi connectivity index (χ2n) is 5.62. The third-order valence-electron chi connectivity index (χ3n) is 3.62. The molecule has 0 aromatic carbocycles. The standard InChI is InChI=1S/C16H25N3O3S/c1-2-3-9-22-10-5-7-17-14(20)11-13-12-23-16(18-13)19-8-4-6-15(19)21/h12H,2-11H2,1H3,(H,17,20). The number of nitrogens with zero attached hydrogens (tertiary/aromatic N) is 2. The van der Waals surface area contributed by atoms with Crippen molar-refractivity contribution in [2.24, 2.45) is 0 Å². The van der Waals surface area contributed by atoms with Crippen molar-refractivity contribution in [3.63, 3.8) is 0 Å². The van der Waals surface area contributed by atoms with E-state index >= 15 is 0 Å². The molecule has 1 aliphatic heterocycles. The van der Waals surface area contributed by atoms with E-state index in [1.165, 1.54) is 11.3 Å². The molecule has 0 aliphatic carbocycles. The van der Waals surface area contributed by atoms with Crippen LogP contribution in [-0.4, -0.2) is 43.1 Å². The Kier molecular flexibility index (Phi) is 7.48. The van der Waals surface area contributed by atoms with Crippen molar-refractivity contribution in [2.45, 2.75) is 45.4 Å². The van der Waals surface area contributed by atoms with Gasteiger partial charge in [-0.3, -0.25) is 14.5 Å². The smallest absolute Gasteiger partial charge is 0.228 e. The molecule has 23 heavy (non-hydrogen) atoms. The molecule has 6 nitrogen and oxygen atoms in total. The summed E-state index contributed by atoms with van der Waals surface area (Å²) in [5, 5.41) is 5.44. The number of amides is 2. The van der Waals surface area contributed by atoms with Crippen molar-refractivity contribution >= 4 is 28.3 Å². The van der Waals surface area contributed by atoms with Gasteiger partial charge >= 0.3 is 0 Å². The predicted molar refractivity (Wildman–Crippen MR) is 90.8 cm³/mol. The number of ether oxygens (including phenoxy) is 1. The number of unbranched alkanes of at least 4 members (excludes halogenated alkanes) is 1. The zero-order valence-electron chi connectivity index (χ0n) is 13.7. The molecule has 1 aliphatic rings. The van der Waals surface area contributed by atoms with Crippen LogP contribution in [0.25, 0.3) is 0 Å². The maximum absolute atomic E-state index is 11.9. The van der Waals surface area contributed by atoms with Crippen molar-refractivity contribution in [1.82, 2.24) is 10.3 Å². The van der Waals surface area contributed by atoms with E-state index in [4.69, 9.17) is 4.74 Å². The van der Waals surface area contributed by atoms with Gasteiger partial charge in [0, 0.05) is 38.1 Å². The van der Waals surface area contributed by atoms with Gasteiger partial charge in [-0.15, -0.1) is 11.3 Å². The van der Waals surface area contributed by atoms with Gasteiger partial charge in [0.2, 0.25) is 11.8 Å². The van der Waals surface area contributed by atoms with Crippen LogP contribution in [0, 0.1) is 0 Å². The Morgan fingerprint density at radius 1 is 1.43 bits per heavy atom. The molecule has 1 aromatic heterocycles. The molecule has 0 bridgehead atoms. The van der Waals surface area contributed by atoms with Crippen LogP contribution in [-0.2, 0) is 20.7 Å². The number of nitrogens with one attached hydrogen (secondary N) is 1. The lowest BCUT2D eigenvalue weighted by atomic mass is 10.3. The molecule has 1 N–H and O–H groups in total. The fourth-order valence-corrected chi connectivity index (χ4v) is 3.20. The van der Waals surface area contributed by atoms with E-state index in [1.807, 2.05) is 5.38 Å². The minimum absolute atomic E-state index is 0.0387. The van der Waals surface area contributed by atoms with Crippen LogP contribution in [0.15, 0.2) is 5.38 Å². The van der Waals surface area contributed by atoms with Crippen LogP contribution < -0.4 is 10.2 Å². The first kappa shape index (κ1) is 17.9. The molecule has 2 rings (SSSR count). The number of hydrogen-bond donors (Lipinski definition) is 1. The van der Waals surface area contributed by atoms with Crippen molar-refractivity contribution in [1.29, 1.82) is 0 Å². The normalized spacial score (nSPS) is 14.5. The van der Waals surface area contributed by atoms with E-state index in [2.05, 4.69) is 17.2 Å². The van der Waals surface area contributed by atoms with E-state index in [0.717, 1.165) is 44.5 Å². The minimum Gasteiger partial charge on any atom is -0.381 e. The fourth-order valence-electron chi connectivity index (χ4n) is 2.33. The Morgan fingerprint density at radius 3 is 3.00 bits per heavy atom. The van der Waals surface area contributed by atoms with Crippen molar-refractivity contribution < 1.29 is 14.3 Å². The van der Waals surface area contributed by atoms with Gasteiger partial charge < -0.3 is 10.1 Å². The Bertz CT molecular complexity index is 518. The lowest BCUT2D eigenvalue weighted by molar-refractivity contribution is -0.120. The Balaban J connectivity index is 1.64. The number of rotatable bonds is 10. The monoisotopic (exact) mass is 339 g/mol. The predicted octanol–water partition coefficient (Wildman–Crippen LogP) is 2.14. The summed E-state index contributed by atoms with van der Waals surface area (Å²) in [6.07, 6.45) is 4.77. The molecule has 0 unspecified atom stereocenters. The van der Waals surface area contributed by atoms with Gasteiger partial charge in [0.1, 0.15) is 0 Å². The Morgan fingerprint density at radius 2 is 2.26 bits per heavy atom. The summed E-state index contributed by atoms with van der Waals surface area (Å²) in [7, 11) is 0. The first-order chi connectivity index (χ1) is 11.2. The van der Waals surface area contributed by atoms with Crippen LogP contribution >= 0.6 is 11.3 Å². The SMILES string of the molecule is CCCCOCCCNC(=O)Cc1csc(N2CCCC2=O)n1. The van der Waals surface area contributed by atoms with Crippen LogP contribution in [0.2, 0.25) is 0 Å². The lowest BCUT2D eigenvalue weighted by Gasteiger charge is -2.10. The number of carbonyl (C=O) groups is 2. The summed E-state index contributed by atoms with van der Waals surface area (Å²) in [5.41, 5.74) is 0.724. The van der Waals surface area contributed by atoms with E-state index in [9.17, 15) is 9.59 Å². The van der Waals surface area contributed by atoms with Crippen molar-refractivity contribution in [2.75, 3.05) is 31.2 Å². The molecule has 7 heteroatoms. The van der Waals surface area contributed by atoms with Gasteiger partial charge in [0.05, 0.1) is 12.1 Å². The molecular weight excluding hydrogens is 314 g/mol. The van der Waals surface area contributed by atoms with Gasteiger partial charge in [-0.1, -0.05) is 13.3 Å².